The zero-order chi connectivity index (χ0) is 21.1. The monoisotopic (exact) mass is 408 g/mol. The van der Waals surface area contributed by atoms with Gasteiger partial charge in [-0.15, -0.1) is 0 Å². The van der Waals surface area contributed by atoms with Crippen LogP contribution in [-0.2, 0) is 4.79 Å². The van der Waals surface area contributed by atoms with Gasteiger partial charge < -0.3 is 16.4 Å². The molecule has 0 bridgehead atoms. The number of rotatable bonds is 11. The second-order valence-electron chi connectivity index (χ2n) is 6.56. The van der Waals surface area contributed by atoms with E-state index in [-0.39, 0.29) is 24.8 Å². The maximum Gasteiger partial charge on any atom is 0.252 e. The highest BCUT2D eigenvalue weighted by atomic mass is 32.1. The lowest BCUT2D eigenvalue weighted by Crippen LogP contribution is -2.50. The highest BCUT2D eigenvalue weighted by Gasteiger charge is 2.22. The third kappa shape index (κ3) is 9.35. The van der Waals surface area contributed by atoms with E-state index >= 15 is 0 Å². The van der Waals surface area contributed by atoms with Gasteiger partial charge in [0.25, 0.3) is 11.9 Å². The Morgan fingerprint density at radius 2 is 2.11 bits per heavy atom. The van der Waals surface area contributed by atoms with E-state index in [1.165, 1.54) is 11.3 Å². The van der Waals surface area contributed by atoms with Crippen LogP contribution in [0.25, 0.3) is 0 Å². The standard InChI is InChI=1S/C16H25BN6O4S/c1-10(2)8-13(17)21-15(25)12(20-14(24)11-5-7-28-9-11)4-3-6-19-16(18)22-23(26)27/h5,7,9-10,12-13H,3-4,6,8H2,1-2H3,(H,20,24)(H,21,25)(H3,18,19,22)/t12-,13-/m0/s1. The average Bonchev–Trinajstić information content (AvgIpc) is 3.10. The molecule has 1 heterocycles. The molecule has 2 amide bonds. The van der Waals surface area contributed by atoms with Gasteiger partial charge in [-0.2, -0.15) is 11.3 Å². The SMILES string of the molecule is [B][C@H](CC(C)C)NC(=O)[C@H](CCCN=C(N)N[N+](=O)[O-])NC(=O)c1ccsc1. The smallest absolute Gasteiger partial charge is 0.252 e. The molecule has 10 nitrogen and oxygen atoms in total. The first-order valence-electron chi connectivity index (χ1n) is 8.79. The molecule has 2 radical (unpaired) electrons. The highest BCUT2D eigenvalue weighted by molar-refractivity contribution is 7.08. The molecule has 1 rings (SSSR count). The Balaban J connectivity index is 2.67. The van der Waals surface area contributed by atoms with Crippen molar-refractivity contribution in [3.05, 3.63) is 32.5 Å². The number of nitrogens with one attached hydrogen (secondary N) is 3. The summed E-state index contributed by atoms with van der Waals surface area (Å²) in [6, 6.07) is 0.846. The number of carbonyl (C=O) groups excluding carboxylic acids is 2. The van der Waals surface area contributed by atoms with Crippen molar-refractivity contribution in [1.82, 2.24) is 16.1 Å². The Hall–Kier alpha value is -2.63. The molecule has 152 valence electrons. The number of hydrazine groups is 1. The van der Waals surface area contributed by atoms with Crippen molar-refractivity contribution in [2.24, 2.45) is 16.6 Å². The molecule has 0 saturated carbocycles. The largest absolute Gasteiger partial charge is 0.365 e. The van der Waals surface area contributed by atoms with Gasteiger partial charge in [-0.3, -0.25) is 9.59 Å². The molecule has 1 aromatic heterocycles. The fourth-order valence-corrected chi connectivity index (χ4v) is 3.01. The fourth-order valence-electron chi connectivity index (χ4n) is 2.38. The number of thiophene rings is 1. The molecule has 0 aromatic carbocycles. The summed E-state index contributed by atoms with van der Waals surface area (Å²) in [4.78, 5) is 38.9. The number of hydrogen-bond donors (Lipinski definition) is 4. The minimum absolute atomic E-state index is 0.156. The number of nitrogens with zero attached hydrogens (tertiary/aromatic N) is 2. The summed E-state index contributed by atoms with van der Waals surface area (Å²) < 4.78 is 0. The van der Waals surface area contributed by atoms with Crippen molar-refractivity contribution < 1.29 is 14.6 Å². The summed E-state index contributed by atoms with van der Waals surface area (Å²) in [7, 11) is 5.93. The second-order valence-corrected chi connectivity index (χ2v) is 7.34. The lowest BCUT2D eigenvalue weighted by molar-refractivity contribution is -0.525. The van der Waals surface area contributed by atoms with Gasteiger partial charge in [-0.05, 0) is 42.6 Å². The molecule has 28 heavy (non-hydrogen) atoms. The molecule has 0 aliphatic rings. The van der Waals surface area contributed by atoms with Gasteiger partial charge in [0.1, 0.15) is 6.04 Å². The Labute approximate surface area is 168 Å². The number of nitro groups is 1. The topological polar surface area (TPSA) is 152 Å². The summed E-state index contributed by atoms with van der Waals surface area (Å²) >= 11 is 1.38. The van der Waals surface area contributed by atoms with Crippen LogP contribution in [0, 0.1) is 16.0 Å². The Bertz CT molecular complexity index is 683. The lowest BCUT2D eigenvalue weighted by atomic mass is 9.88. The molecule has 1 aromatic rings. The van der Waals surface area contributed by atoms with Gasteiger partial charge >= 0.3 is 0 Å². The molecule has 12 heteroatoms. The molecule has 0 fully saturated rings. The first-order valence-corrected chi connectivity index (χ1v) is 9.73. The molecule has 0 spiro atoms. The zero-order valence-corrected chi connectivity index (χ0v) is 16.7. The van der Waals surface area contributed by atoms with Crippen LogP contribution in [0.1, 0.15) is 43.5 Å². The molecular weight excluding hydrogens is 383 g/mol. The van der Waals surface area contributed by atoms with Crippen LogP contribution in [0.3, 0.4) is 0 Å². The van der Waals surface area contributed by atoms with Crippen molar-refractivity contribution in [3.8, 4) is 0 Å². The van der Waals surface area contributed by atoms with Crippen LogP contribution in [0.4, 0.5) is 0 Å². The van der Waals surface area contributed by atoms with E-state index < -0.39 is 22.9 Å². The number of nitrogens with two attached hydrogens (primary N) is 1. The summed E-state index contributed by atoms with van der Waals surface area (Å²) in [5.74, 6) is -1.30. The predicted octanol–water partition coefficient (Wildman–Crippen LogP) is 0.380. The van der Waals surface area contributed by atoms with Crippen molar-refractivity contribution in [3.63, 3.8) is 0 Å². The zero-order valence-electron chi connectivity index (χ0n) is 15.9. The predicted molar refractivity (Wildman–Crippen MR) is 109 cm³/mol. The Morgan fingerprint density at radius 3 is 2.68 bits per heavy atom. The minimum atomic E-state index is -0.814. The van der Waals surface area contributed by atoms with Crippen molar-refractivity contribution in [2.75, 3.05) is 6.54 Å². The van der Waals surface area contributed by atoms with Gasteiger partial charge in [0.2, 0.25) is 5.91 Å². The minimum Gasteiger partial charge on any atom is -0.365 e. The van der Waals surface area contributed by atoms with Gasteiger partial charge in [0.15, 0.2) is 5.03 Å². The van der Waals surface area contributed by atoms with Gasteiger partial charge in [0.05, 0.1) is 13.4 Å². The summed E-state index contributed by atoms with van der Waals surface area (Å²) in [6.07, 6.45) is 1.25. The van der Waals surface area contributed by atoms with Gasteiger partial charge in [-0.1, -0.05) is 19.3 Å². The van der Waals surface area contributed by atoms with Crippen LogP contribution < -0.4 is 21.8 Å². The average molecular weight is 408 g/mol. The summed E-state index contributed by atoms with van der Waals surface area (Å²) in [5, 5.41) is 18.3. The van der Waals surface area contributed by atoms with Gasteiger partial charge in [0, 0.05) is 11.9 Å². The lowest BCUT2D eigenvalue weighted by Gasteiger charge is -2.22. The van der Waals surface area contributed by atoms with Crippen LogP contribution in [0.5, 0.6) is 0 Å². The van der Waals surface area contributed by atoms with Crippen molar-refractivity contribution in [1.29, 1.82) is 0 Å². The molecule has 0 aliphatic heterocycles. The molecule has 0 unspecified atom stereocenters. The highest BCUT2D eigenvalue weighted by Crippen LogP contribution is 2.08. The van der Waals surface area contributed by atoms with Gasteiger partial charge in [-0.25, -0.2) is 15.1 Å². The molecule has 0 saturated heterocycles. The second kappa shape index (κ2) is 12.0. The number of guanidine groups is 1. The summed E-state index contributed by atoms with van der Waals surface area (Å²) in [6.45, 7) is 4.13. The van der Waals surface area contributed by atoms with Crippen molar-refractivity contribution in [2.45, 2.75) is 45.1 Å². The van der Waals surface area contributed by atoms with E-state index in [0.717, 1.165) is 0 Å². The molecular formula is C16H25BN6O4S. The summed E-state index contributed by atoms with van der Waals surface area (Å²) in [5.41, 5.74) is 7.54. The van der Waals surface area contributed by atoms with E-state index in [0.29, 0.717) is 24.3 Å². The Morgan fingerprint density at radius 1 is 1.39 bits per heavy atom. The van der Waals surface area contributed by atoms with E-state index in [9.17, 15) is 19.7 Å². The fraction of sp³-hybridized carbons (Fsp3) is 0.562. The van der Waals surface area contributed by atoms with Crippen LogP contribution >= 0.6 is 11.3 Å². The third-order valence-corrected chi connectivity index (χ3v) is 4.28. The van der Waals surface area contributed by atoms with E-state index in [4.69, 9.17) is 13.6 Å². The Kier molecular flexibility index (Phi) is 10.00. The molecule has 2 atom stereocenters. The van der Waals surface area contributed by atoms with Crippen LogP contribution in [-0.4, -0.2) is 49.2 Å². The van der Waals surface area contributed by atoms with Crippen molar-refractivity contribution >= 4 is 37.0 Å². The van der Waals surface area contributed by atoms with E-state index in [1.807, 2.05) is 13.8 Å². The maximum absolute atomic E-state index is 12.5. The molecule has 5 N–H and O–H groups in total. The quantitative estimate of drug-likeness (QED) is 0.104. The van der Waals surface area contributed by atoms with Crippen LogP contribution in [0.15, 0.2) is 21.8 Å². The first kappa shape index (κ1) is 23.4. The number of amides is 2. The number of carbonyl (C=O) groups is 2. The number of hydrogen-bond acceptors (Lipinski definition) is 6. The van der Waals surface area contributed by atoms with Crippen LogP contribution in [0.2, 0.25) is 0 Å². The molecule has 0 aliphatic carbocycles. The van der Waals surface area contributed by atoms with E-state index in [1.54, 1.807) is 22.3 Å². The normalized spacial score (nSPS) is 13.6. The maximum atomic E-state index is 12.5. The third-order valence-electron chi connectivity index (χ3n) is 3.60. The first-order chi connectivity index (χ1) is 13.2. The number of aliphatic imine (C=N–C) groups is 1. The van der Waals surface area contributed by atoms with E-state index in [2.05, 4.69) is 15.6 Å².